The Bertz CT molecular complexity index is 513. The molecule has 1 aromatic carbocycles. The number of hydrogen-bond donors (Lipinski definition) is 0. The van der Waals surface area contributed by atoms with Gasteiger partial charge in [-0.25, -0.2) is 4.79 Å². The van der Waals surface area contributed by atoms with Gasteiger partial charge in [0.25, 0.3) is 5.91 Å². The molecule has 114 valence electrons. The summed E-state index contributed by atoms with van der Waals surface area (Å²) in [4.78, 5) is 25.3. The third-order valence-corrected chi connectivity index (χ3v) is 3.23. The summed E-state index contributed by atoms with van der Waals surface area (Å²) in [5.74, 6) is 0.289. The first-order valence-electron chi connectivity index (χ1n) is 6.98. The lowest BCUT2D eigenvalue weighted by Crippen LogP contribution is -2.40. The molecule has 0 saturated heterocycles. The fourth-order valence-corrected chi connectivity index (χ4v) is 2.03. The molecule has 0 aliphatic carbocycles. The molecule has 0 bridgehead atoms. The Balaban J connectivity index is 1.86. The number of carbonyl (C=O) groups excluding carboxylic acids is 2. The van der Waals surface area contributed by atoms with E-state index in [1.165, 1.54) is 0 Å². The summed E-state index contributed by atoms with van der Waals surface area (Å²) in [6.45, 7) is 4.72. The minimum atomic E-state index is -0.843. The van der Waals surface area contributed by atoms with Crippen LogP contribution in [0.25, 0.3) is 0 Å². The monoisotopic (exact) mass is 293 g/mol. The quantitative estimate of drug-likeness (QED) is 0.764. The molecule has 6 heteroatoms. The largest absolute Gasteiger partial charge is 0.485 e. The summed E-state index contributed by atoms with van der Waals surface area (Å²) in [6, 6.07) is 7.10. The van der Waals surface area contributed by atoms with Crippen LogP contribution in [-0.4, -0.2) is 49.2 Å². The Morgan fingerprint density at radius 1 is 1.24 bits per heavy atom. The van der Waals surface area contributed by atoms with Crippen LogP contribution in [0.4, 0.5) is 0 Å². The summed E-state index contributed by atoms with van der Waals surface area (Å²) in [5, 5.41) is 0. The van der Waals surface area contributed by atoms with Crippen molar-refractivity contribution in [3.05, 3.63) is 24.3 Å². The number of ether oxygens (including phenoxy) is 3. The zero-order valence-corrected chi connectivity index (χ0v) is 12.2. The van der Waals surface area contributed by atoms with Gasteiger partial charge in [0.15, 0.2) is 18.1 Å². The van der Waals surface area contributed by atoms with Crippen LogP contribution in [0.15, 0.2) is 24.3 Å². The maximum Gasteiger partial charge on any atom is 0.351 e. The zero-order valence-electron chi connectivity index (χ0n) is 12.2. The third kappa shape index (κ3) is 3.65. The summed E-state index contributed by atoms with van der Waals surface area (Å²) in [6.07, 6.45) is -0.843. The summed E-state index contributed by atoms with van der Waals surface area (Å²) in [5.41, 5.74) is 0. The average Bonchev–Trinajstić information content (AvgIpc) is 2.53. The van der Waals surface area contributed by atoms with Gasteiger partial charge in [-0.15, -0.1) is 0 Å². The van der Waals surface area contributed by atoms with E-state index in [2.05, 4.69) is 0 Å². The molecular formula is C15H19NO5. The lowest BCUT2D eigenvalue weighted by atomic mass is 10.2. The number of likely N-dealkylation sites (N-methyl/N-ethyl adjacent to an activating group) is 1. The number of carbonyl (C=O) groups is 2. The smallest absolute Gasteiger partial charge is 0.351 e. The number of esters is 1. The minimum Gasteiger partial charge on any atom is -0.485 e. The summed E-state index contributed by atoms with van der Waals surface area (Å²) >= 11 is 0. The number of hydrogen-bond acceptors (Lipinski definition) is 5. The van der Waals surface area contributed by atoms with E-state index in [0.29, 0.717) is 24.6 Å². The van der Waals surface area contributed by atoms with Gasteiger partial charge in [-0.1, -0.05) is 12.1 Å². The Kier molecular flexibility index (Phi) is 5.03. The van der Waals surface area contributed by atoms with E-state index < -0.39 is 12.1 Å². The topological polar surface area (TPSA) is 65.1 Å². The second kappa shape index (κ2) is 6.97. The van der Waals surface area contributed by atoms with E-state index in [-0.39, 0.29) is 19.1 Å². The van der Waals surface area contributed by atoms with Crippen LogP contribution in [0.3, 0.4) is 0 Å². The van der Waals surface area contributed by atoms with Crippen molar-refractivity contribution < 1.29 is 23.8 Å². The van der Waals surface area contributed by atoms with E-state index in [9.17, 15) is 9.59 Å². The minimum absolute atomic E-state index is 0.0787. The third-order valence-electron chi connectivity index (χ3n) is 3.23. The van der Waals surface area contributed by atoms with Crippen LogP contribution < -0.4 is 9.47 Å². The molecule has 1 atom stereocenters. The molecule has 0 aromatic heterocycles. The van der Waals surface area contributed by atoms with Crippen LogP contribution >= 0.6 is 0 Å². The number of para-hydroxylation sites is 2. The van der Waals surface area contributed by atoms with E-state index in [1.807, 2.05) is 19.9 Å². The molecule has 0 saturated carbocycles. The predicted octanol–water partition coefficient (Wildman–Crippen LogP) is 1.24. The van der Waals surface area contributed by atoms with Gasteiger partial charge in [-0.05, 0) is 26.0 Å². The fraction of sp³-hybridized carbons (Fsp3) is 0.467. The maximum absolute atomic E-state index is 11.9. The zero-order chi connectivity index (χ0) is 15.2. The highest BCUT2D eigenvalue weighted by Crippen LogP contribution is 2.31. The molecule has 1 heterocycles. The highest BCUT2D eigenvalue weighted by Gasteiger charge is 2.29. The first-order chi connectivity index (χ1) is 10.2. The standard InChI is InChI=1S/C15H19NO5/c1-3-16(4-2)14(17)10-20-15(18)13-9-19-11-7-5-6-8-12(11)21-13/h5-8,13H,3-4,9-10H2,1-2H3/t13-/m0/s1. The Morgan fingerprint density at radius 2 is 1.90 bits per heavy atom. The van der Waals surface area contributed by atoms with Crippen LogP contribution in [0.1, 0.15) is 13.8 Å². The first-order valence-corrected chi connectivity index (χ1v) is 6.98. The Morgan fingerprint density at radius 3 is 2.57 bits per heavy atom. The fourth-order valence-electron chi connectivity index (χ4n) is 2.03. The van der Waals surface area contributed by atoms with Gasteiger partial charge in [-0.2, -0.15) is 0 Å². The van der Waals surface area contributed by atoms with E-state index in [4.69, 9.17) is 14.2 Å². The van der Waals surface area contributed by atoms with Gasteiger partial charge in [0.2, 0.25) is 6.10 Å². The summed E-state index contributed by atoms with van der Waals surface area (Å²) in [7, 11) is 0. The molecule has 1 amide bonds. The highest BCUT2D eigenvalue weighted by atomic mass is 16.6. The Labute approximate surface area is 123 Å². The van der Waals surface area contributed by atoms with E-state index >= 15 is 0 Å². The molecule has 21 heavy (non-hydrogen) atoms. The highest BCUT2D eigenvalue weighted by molar-refractivity contribution is 5.82. The number of rotatable bonds is 5. The van der Waals surface area contributed by atoms with E-state index in [0.717, 1.165) is 0 Å². The molecule has 0 unspecified atom stereocenters. The van der Waals surface area contributed by atoms with Crippen molar-refractivity contribution in [1.29, 1.82) is 0 Å². The lowest BCUT2D eigenvalue weighted by molar-refractivity contribution is -0.160. The number of nitrogens with zero attached hydrogens (tertiary/aromatic N) is 1. The van der Waals surface area contributed by atoms with Crippen LogP contribution in [0.5, 0.6) is 11.5 Å². The molecule has 1 aliphatic rings. The number of fused-ring (bicyclic) bond motifs is 1. The molecule has 0 radical (unpaired) electrons. The van der Waals surface area contributed by atoms with Crippen molar-refractivity contribution in [2.45, 2.75) is 20.0 Å². The van der Waals surface area contributed by atoms with Crippen molar-refractivity contribution >= 4 is 11.9 Å². The molecule has 0 fully saturated rings. The van der Waals surface area contributed by atoms with Crippen LogP contribution in [0, 0.1) is 0 Å². The molecule has 1 aliphatic heterocycles. The van der Waals surface area contributed by atoms with Gasteiger partial charge in [0.1, 0.15) is 6.61 Å². The molecular weight excluding hydrogens is 274 g/mol. The molecule has 0 N–H and O–H groups in total. The molecule has 0 spiro atoms. The van der Waals surface area contributed by atoms with Gasteiger partial charge >= 0.3 is 5.97 Å². The number of amides is 1. The average molecular weight is 293 g/mol. The van der Waals surface area contributed by atoms with Gasteiger partial charge in [0.05, 0.1) is 0 Å². The molecule has 2 rings (SSSR count). The second-order valence-electron chi connectivity index (χ2n) is 4.54. The first kappa shape index (κ1) is 15.2. The van der Waals surface area contributed by atoms with Crippen LogP contribution in [-0.2, 0) is 14.3 Å². The molecule has 6 nitrogen and oxygen atoms in total. The van der Waals surface area contributed by atoms with Crippen LogP contribution in [0.2, 0.25) is 0 Å². The Hall–Kier alpha value is -2.24. The molecule has 1 aromatic rings. The van der Waals surface area contributed by atoms with Crippen molar-refractivity contribution in [2.75, 3.05) is 26.3 Å². The van der Waals surface area contributed by atoms with Gasteiger partial charge in [-0.3, -0.25) is 4.79 Å². The van der Waals surface area contributed by atoms with Crippen molar-refractivity contribution in [3.8, 4) is 11.5 Å². The van der Waals surface area contributed by atoms with Crippen molar-refractivity contribution in [1.82, 2.24) is 4.90 Å². The SMILES string of the molecule is CCN(CC)C(=O)COC(=O)[C@@H]1COc2ccccc2O1. The van der Waals surface area contributed by atoms with Gasteiger partial charge < -0.3 is 19.1 Å². The van der Waals surface area contributed by atoms with Crippen molar-refractivity contribution in [2.24, 2.45) is 0 Å². The predicted molar refractivity (Wildman–Crippen MR) is 75.2 cm³/mol. The summed E-state index contributed by atoms with van der Waals surface area (Å²) < 4.78 is 16.0. The lowest BCUT2D eigenvalue weighted by Gasteiger charge is -2.25. The second-order valence-corrected chi connectivity index (χ2v) is 4.54. The normalized spacial score (nSPS) is 16.2. The maximum atomic E-state index is 11.9. The number of benzene rings is 1. The van der Waals surface area contributed by atoms with Crippen molar-refractivity contribution in [3.63, 3.8) is 0 Å². The van der Waals surface area contributed by atoms with E-state index in [1.54, 1.807) is 23.1 Å². The van der Waals surface area contributed by atoms with Gasteiger partial charge in [0, 0.05) is 13.1 Å².